The lowest BCUT2D eigenvalue weighted by atomic mass is 10.1. The van der Waals surface area contributed by atoms with Gasteiger partial charge >= 0.3 is 5.97 Å². The number of ether oxygens (including phenoxy) is 2. The van der Waals surface area contributed by atoms with Gasteiger partial charge in [0.1, 0.15) is 0 Å². The molecule has 1 heterocycles. The monoisotopic (exact) mass is 295 g/mol. The van der Waals surface area contributed by atoms with Crippen LogP contribution in [0.15, 0.2) is 22.9 Å². The van der Waals surface area contributed by atoms with Crippen LogP contribution in [0.2, 0.25) is 5.02 Å². The Bertz CT molecular complexity index is 607. The number of halogens is 1. The van der Waals surface area contributed by atoms with Gasteiger partial charge in [0.2, 0.25) is 0 Å². The highest BCUT2D eigenvalue weighted by atomic mass is 35.5. The van der Waals surface area contributed by atoms with E-state index in [-0.39, 0.29) is 0 Å². The summed E-state index contributed by atoms with van der Waals surface area (Å²) in [6.07, 6.45) is 1.65. The van der Waals surface area contributed by atoms with Gasteiger partial charge in [0.15, 0.2) is 11.5 Å². The van der Waals surface area contributed by atoms with E-state index < -0.39 is 5.97 Å². The van der Waals surface area contributed by atoms with Crippen LogP contribution in [0.3, 0.4) is 0 Å². The summed E-state index contributed by atoms with van der Waals surface area (Å²) in [5.74, 6) is 0.512. The highest BCUT2D eigenvalue weighted by Crippen LogP contribution is 2.37. The topological polar surface area (TPSA) is 57.1 Å². The molecule has 20 heavy (non-hydrogen) atoms. The summed E-state index contributed by atoms with van der Waals surface area (Å²) in [5.41, 5.74) is 1.64. The molecule has 106 valence electrons. The molecular formula is C14H14ClNO4. The molecule has 1 aliphatic rings. The van der Waals surface area contributed by atoms with E-state index in [9.17, 15) is 4.79 Å². The number of benzene rings is 1. The standard InChI is InChI=1S/C14H14ClNO4/c1-4-19-12-7-9(6-11(15)13(12)18-3)5-10-8(2)16-20-14(10)17/h5-7H,4H2,1-3H3. The Morgan fingerprint density at radius 1 is 1.45 bits per heavy atom. The molecule has 2 rings (SSSR count). The molecule has 0 aliphatic carbocycles. The Balaban J connectivity index is 2.45. The number of carbonyl (C=O) groups is 1. The first-order valence-electron chi connectivity index (χ1n) is 6.05. The van der Waals surface area contributed by atoms with Gasteiger partial charge in [-0.3, -0.25) is 0 Å². The highest BCUT2D eigenvalue weighted by molar-refractivity contribution is 6.32. The van der Waals surface area contributed by atoms with Crippen molar-refractivity contribution in [1.29, 1.82) is 0 Å². The molecule has 0 saturated heterocycles. The number of oxime groups is 1. The van der Waals surface area contributed by atoms with Gasteiger partial charge in [-0.2, -0.15) is 0 Å². The van der Waals surface area contributed by atoms with E-state index >= 15 is 0 Å². The fraction of sp³-hybridized carbons (Fsp3) is 0.286. The van der Waals surface area contributed by atoms with Gasteiger partial charge in [-0.1, -0.05) is 16.8 Å². The van der Waals surface area contributed by atoms with Crippen molar-refractivity contribution in [1.82, 2.24) is 0 Å². The predicted molar refractivity (Wildman–Crippen MR) is 76.4 cm³/mol. The van der Waals surface area contributed by atoms with Gasteiger partial charge < -0.3 is 14.3 Å². The van der Waals surface area contributed by atoms with Crippen LogP contribution < -0.4 is 9.47 Å². The van der Waals surface area contributed by atoms with Crippen molar-refractivity contribution in [2.75, 3.05) is 13.7 Å². The van der Waals surface area contributed by atoms with Crippen LogP contribution in [0.4, 0.5) is 0 Å². The minimum Gasteiger partial charge on any atom is -0.491 e. The molecule has 0 radical (unpaired) electrons. The van der Waals surface area contributed by atoms with Crippen molar-refractivity contribution >= 4 is 29.4 Å². The van der Waals surface area contributed by atoms with Gasteiger partial charge in [-0.25, -0.2) is 4.79 Å². The average Bonchev–Trinajstić information content (AvgIpc) is 2.71. The smallest absolute Gasteiger partial charge is 0.367 e. The highest BCUT2D eigenvalue weighted by Gasteiger charge is 2.22. The Labute approximate surface area is 121 Å². The van der Waals surface area contributed by atoms with E-state index in [1.54, 1.807) is 25.1 Å². The molecule has 0 amide bonds. The second kappa shape index (κ2) is 5.96. The van der Waals surface area contributed by atoms with Crippen LogP contribution in [0.5, 0.6) is 11.5 Å². The molecule has 0 bridgehead atoms. The van der Waals surface area contributed by atoms with Crippen molar-refractivity contribution in [2.24, 2.45) is 5.16 Å². The van der Waals surface area contributed by atoms with Crippen molar-refractivity contribution in [3.05, 3.63) is 28.3 Å². The molecule has 6 heteroatoms. The number of hydrogen-bond acceptors (Lipinski definition) is 5. The Kier molecular flexibility index (Phi) is 4.29. The summed E-state index contributed by atoms with van der Waals surface area (Å²) in [6.45, 7) is 4.05. The molecule has 1 aromatic carbocycles. The Morgan fingerprint density at radius 2 is 2.20 bits per heavy atom. The maximum absolute atomic E-state index is 11.5. The van der Waals surface area contributed by atoms with Crippen LogP contribution in [-0.4, -0.2) is 25.4 Å². The molecule has 0 N–H and O–H groups in total. The summed E-state index contributed by atoms with van der Waals surface area (Å²) >= 11 is 6.15. The quantitative estimate of drug-likeness (QED) is 0.633. The lowest BCUT2D eigenvalue weighted by molar-refractivity contribution is -0.136. The van der Waals surface area contributed by atoms with Gasteiger partial charge in [0, 0.05) is 0 Å². The second-order valence-electron chi connectivity index (χ2n) is 4.08. The van der Waals surface area contributed by atoms with Crippen LogP contribution in [0.1, 0.15) is 19.4 Å². The number of methoxy groups -OCH3 is 1. The van der Waals surface area contributed by atoms with Crippen LogP contribution in [0.25, 0.3) is 6.08 Å². The van der Waals surface area contributed by atoms with Gasteiger partial charge in [0.25, 0.3) is 0 Å². The van der Waals surface area contributed by atoms with Crippen molar-refractivity contribution < 1.29 is 19.1 Å². The van der Waals surface area contributed by atoms with E-state index in [2.05, 4.69) is 9.99 Å². The van der Waals surface area contributed by atoms with E-state index in [0.717, 1.165) is 0 Å². The van der Waals surface area contributed by atoms with E-state index in [1.165, 1.54) is 7.11 Å². The van der Waals surface area contributed by atoms with E-state index in [4.69, 9.17) is 21.1 Å². The number of nitrogens with zero attached hydrogens (tertiary/aromatic N) is 1. The lowest BCUT2D eigenvalue weighted by Gasteiger charge is -2.12. The summed E-state index contributed by atoms with van der Waals surface area (Å²) < 4.78 is 10.7. The fourth-order valence-electron chi connectivity index (χ4n) is 1.82. The molecule has 0 aromatic heterocycles. The zero-order valence-electron chi connectivity index (χ0n) is 11.4. The average molecular weight is 296 g/mol. The maximum atomic E-state index is 11.5. The van der Waals surface area contributed by atoms with Gasteiger partial charge in [-0.15, -0.1) is 0 Å². The summed E-state index contributed by atoms with van der Waals surface area (Å²) in [5, 5.41) is 4.03. The molecule has 0 atom stereocenters. The van der Waals surface area contributed by atoms with Crippen molar-refractivity contribution in [2.45, 2.75) is 13.8 Å². The summed E-state index contributed by atoms with van der Waals surface area (Å²) in [4.78, 5) is 16.1. The third-order valence-corrected chi connectivity index (χ3v) is 3.00. The molecule has 1 aliphatic heterocycles. The molecule has 1 aromatic rings. The van der Waals surface area contributed by atoms with Crippen LogP contribution in [-0.2, 0) is 9.63 Å². The molecule has 0 unspecified atom stereocenters. The molecular weight excluding hydrogens is 282 g/mol. The van der Waals surface area contributed by atoms with Crippen molar-refractivity contribution in [3.63, 3.8) is 0 Å². The van der Waals surface area contributed by atoms with Crippen LogP contribution >= 0.6 is 11.6 Å². The molecule has 0 saturated carbocycles. The molecule has 0 spiro atoms. The Hall–Kier alpha value is -2.01. The number of hydrogen-bond donors (Lipinski definition) is 0. The van der Waals surface area contributed by atoms with Gasteiger partial charge in [-0.05, 0) is 37.6 Å². The van der Waals surface area contributed by atoms with E-state index in [1.807, 2.05) is 6.92 Å². The fourth-order valence-corrected chi connectivity index (χ4v) is 2.11. The normalized spacial score (nSPS) is 16.1. The Morgan fingerprint density at radius 3 is 2.75 bits per heavy atom. The SMILES string of the molecule is CCOc1cc(C=C2C(=O)ON=C2C)cc(Cl)c1OC. The first-order valence-corrected chi connectivity index (χ1v) is 6.43. The van der Waals surface area contributed by atoms with Crippen molar-refractivity contribution in [3.8, 4) is 11.5 Å². The third-order valence-electron chi connectivity index (χ3n) is 2.72. The largest absolute Gasteiger partial charge is 0.491 e. The maximum Gasteiger partial charge on any atom is 0.367 e. The third kappa shape index (κ3) is 2.77. The minimum atomic E-state index is -0.479. The molecule has 0 fully saturated rings. The zero-order chi connectivity index (χ0) is 14.7. The lowest BCUT2D eigenvalue weighted by Crippen LogP contribution is -2.02. The second-order valence-corrected chi connectivity index (χ2v) is 4.49. The first-order chi connectivity index (χ1) is 9.56. The summed E-state index contributed by atoms with van der Waals surface area (Å²) in [7, 11) is 1.52. The minimum absolute atomic E-state index is 0.397. The van der Waals surface area contributed by atoms with Gasteiger partial charge in [0.05, 0.1) is 30.0 Å². The van der Waals surface area contributed by atoms with E-state index in [0.29, 0.717) is 40.0 Å². The number of carbonyl (C=O) groups excluding carboxylic acids is 1. The zero-order valence-corrected chi connectivity index (χ0v) is 12.2. The summed E-state index contributed by atoms with van der Waals surface area (Å²) in [6, 6.07) is 3.44. The molecule has 5 nitrogen and oxygen atoms in total. The predicted octanol–water partition coefficient (Wildman–Crippen LogP) is 3.06. The first kappa shape index (κ1) is 14.4. The van der Waals surface area contributed by atoms with Crippen LogP contribution in [0, 0.1) is 0 Å². The number of rotatable bonds is 4.